The van der Waals surface area contributed by atoms with Gasteiger partial charge in [0.1, 0.15) is 31.0 Å². The van der Waals surface area contributed by atoms with Crippen LogP contribution in [0, 0.1) is 0 Å². The smallest absolute Gasteiger partial charge is 0.250 e. The van der Waals surface area contributed by atoms with Crippen molar-refractivity contribution >= 4 is 28.9 Å². The molecule has 0 radical (unpaired) electrons. The van der Waals surface area contributed by atoms with Gasteiger partial charge >= 0.3 is 0 Å². The van der Waals surface area contributed by atoms with Crippen LogP contribution in [0.5, 0.6) is 5.75 Å². The molecule has 0 spiro atoms. The Hall–Kier alpha value is -2.60. The first-order chi connectivity index (χ1) is 18.3. The van der Waals surface area contributed by atoms with E-state index in [4.69, 9.17) is 25.8 Å². The van der Waals surface area contributed by atoms with E-state index >= 15 is 0 Å². The molecule has 2 unspecified atom stereocenters. The van der Waals surface area contributed by atoms with E-state index in [1.54, 1.807) is 14.0 Å². The van der Waals surface area contributed by atoms with Gasteiger partial charge in [0.15, 0.2) is 0 Å². The fourth-order valence-corrected chi connectivity index (χ4v) is 4.95. The molecule has 1 fully saturated rings. The van der Waals surface area contributed by atoms with Crippen LogP contribution >= 0.6 is 11.6 Å². The molecule has 0 saturated carbocycles. The number of ether oxygens (including phenoxy) is 3. The second-order valence-corrected chi connectivity index (χ2v) is 9.98. The highest BCUT2D eigenvalue weighted by atomic mass is 35.5. The van der Waals surface area contributed by atoms with Crippen molar-refractivity contribution in [1.82, 2.24) is 20.2 Å². The lowest BCUT2D eigenvalue weighted by atomic mass is 10.1. The minimum Gasteiger partial charge on any atom is -0.497 e. The molecule has 0 bridgehead atoms. The summed E-state index contributed by atoms with van der Waals surface area (Å²) >= 11 is 6.55. The van der Waals surface area contributed by atoms with Crippen molar-refractivity contribution in [3.63, 3.8) is 0 Å². The van der Waals surface area contributed by atoms with E-state index in [0.717, 1.165) is 49.7 Å². The minimum atomic E-state index is -0.415. The van der Waals surface area contributed by atoms with Gasteiger partial charge in [0, 0.05) is 51.0 Å². The number of hydrogen-bond donors (Lipinski definition) is 3. The highest BCUT2D eigenvalue weighted by Gasteiger charge is 2.24. The Kier molecular flexibility index (Phi) is 10.1. The number of piperazine rings is 1. The van der Waals surface area contributed by atoms with E-state index in [2.05, 4.69) is 20.5 Å². The van der Waals surface area contributed by atoms with E-state index in [1.165, 1.54) is 0 Å². The molecule has 1 amide bonds. The van der Waals surface area contributed by atoms with E-state index in [1.807, 2.05) is 48.5 Å². The van der Waals surface area contributed by atoms with Crippen LogP contribution in [0.1, 0.15) is 18.9 Å². The lowest BCUT2D eigenvalue weighted by Crippen LogP contribution is -2.50. The molecule has 2 aliphatic heterocycles. The number of nitrogens with zero attached hydrogens (tertiary/aromatic N) is 3. The minimum absolute atomic E-state index is 0.0635. The molecular weight excluding hydrogens is 510 g/mol. The third-order valence-corrected chi connectivity index (χ3v) is 7.19. The fourth-order valence-electron chi connectivity index (χ4n) is 4.66. The summed E-state index contributed by atoms with van der Waals surface area (Å²) in [6, 6.07) is 5.56. The Bertz CT molecular complexity index is 1070. The zero-order chi connectivity index (χ0) is 27.1. The van der Waals surface area contributed by atoms with Gasteiger partial charge in [-0.2, -0.15) is 0 Å². The molecular formula is C27H38ClN5O5. The summed E-state index contributed by atoms with van der Waals surface area (Å²) in [5, 5.41) is 15.2. The normalized spacial score (nSPS) is 21.4. The van der Waals surface area contributed by atoms with Crippen LogP contribution in [0.4, 0.5) is 5.69 Å². The zero-order valence-electron chi connectivity index (χ0n) is 22.3. The molecule has 10 nitrogen and oxygen atoms in total. The summed E-state index contributed by atoms with van der Waals surface area (Å²) in [5.74, 6) is 1.25. The highest BCUT2D eigenvalue weighted by molar-refractivity contribution is 6.33. The van der Waals surface area contributed by atoms with E-state index in [-0.39, 0.29) is 18.6 Å². The van der Waals surface area contributed by atoms with Crippen LogP contribution in [-0.4, -0.2) is 105 Å². The number of carbonyl (C=O) groups is 1. The Balaban J connectivity index is 1.36. The molecule has 3 aliphatic rings. The maximum absolute atomic E-state index is 12.6. The molecule has 208 valence electrons. The number of amides is 1. The largest absolute Gasteiger partial charge is 0.497 e. The number of nitrogens with one attached hydrogen (secondary N) is 2. The molecule has 38 heavy (non-hydrogen) atoms. The summed E-state index contributed by atoms with van der Waals surface area (Å²) < 4.78 is 17.1. The van der Waals surface area contributed by atoms with Gasteiger partial charge in [-0.1, -0.05) is 17.7 Å². The third-order valence-electron chi connectivity index (χ3n) is 6.87. The number of aliphatic hydroxyl groups excluding tert-OH is 1. The first-order valence-corrected chi connectivity index (χ1v) is 13.3. The summed E-state index contributed by atoms with van der Waals surface area (Å²) in [6.45, 7) is 7.00. The number of anilines is 1. The second-order valence-electron chi connectivity index (χ2n) is 9.52. The van der Waals surface area contributed by atoms with Crippen molar-refractivity contribution in [3.05, 3.63) is 52.8 Å². The number of aliphatic hydroxyl groups is 1. The second kappa shape index (κ2) is 13.5. The van der Waals surface area contributed by atoms with Gasteiger partial charge in [-0.05, 0) is 43.7 Å². The number of carbonyl (C=O) groups excluding carboxylic acids is 1. The van der Waals surface area contributed by atoms with Crippen LogP contribution in [0.2, 0.25) is 0 Å². The van der Waals surface area contributed by atoms with E-state index in [9.17, 15) is 9.90 Å². The van der Waals surface area contributed by atoms with Crippen LogP contribution in [0.15, 0.2) is 47.2 Å². The quantitative estimate of drug-likeness (QED) is 0.385. The van der Waals surface area contributed by atoms with Crippen LogP contribution in [0.3, 0.4) is 0 Å². The zero-order valence-corrected chi connectivity index (χ0v) is 23.0. The van der Waals surface area contributed by atoms with Crippen molar-refractivity contribution in [2.75, 3.05) is 72.0 Å². The van der Waals surface area contributed by atoms with Crippen LogP contribution < -0.4 is 15.5 Å². The van der Waals surface area contributed by atoms with Crippen molar-refractivity contribution < 1.29 is 24.1 Å². The molecule has 3 N–H and O–H groups in total. The molecule has 1 aromatic carbocycles. The van der Waals surface area contributed by atoms with Crippen molar-refractivity contribution in [1.29, 1.82) is 0 Å². The van der Waals surface area contributed by atoms with Gasteiger partial charge in [-0.15, -0.1) is 0 Å². The van der Waals surface area contributed by atoms with E-state index < -0.39 is 6.23 Å². The topological polar surface area (TPSA) is 98.8 Å². The van der Waals surface area contributed by atoms with Crippen LogP contribution in [0.25, 0.3) is 5.70 Å². The number of halogens is 1. The van der Waals surface area contributed by atoms with E-state index in [0.29, 0.717) is 36.0 Å². The molecule has 1 saturated heterocycles. The lowest BCUT2D eigenvalue weighted by molar-refractivity contribution is -0.121. The molecule has 2 atom stereocenters. The molecule has 2 heterocycles. The van der Waals surface area contributed by atoms with Gasteiger partial charge in [0.25, 0.3) is 0 Å². The van der Waals surface area contributed by atoms with Gasteiger partial charge in [0.05, 0.1) is 30.5 Å². The average Bonchev–Trinajstić information content (AvgIpc) is 3.26. The predicted octanol–water partition coefficient (Wildman–Crippen LogP) is 2.19. The summed E-state index contributed by atoms with van der Waals surface area (Å²) in [4.78, 5) is 17.0. The summed E-state index contributed by atoms with van der Waals surface area (Å²) in [5.41, 5.74) is 5.45. The Labute approximate surface area is 229 Å². The number of allylic oxidation sites excluding steroid dienone is 1. The Morgan fingerprint density at radius 2 is 2.08 bits per heavy atom. The number of hydrogen-bond acceptors (Lipinski definition) is 9. The van der Waals surface area contributed by atoms with Gasteiger partial charge in [-0.25, -0.2) is 5.43 Å². The molecule has 4 rings (SSSR count). The van der Waals surface area contributed by atoms with Crippen molar-refractivity contribution in [3.8, 4) is 5.75 Å². The van der Waals surface area contributed by atoms with Gasteiger partial charge < -0.3 is 29.6 Å². The molecule has 0 aromatic heterocycles. The first kappa shape index (κ1) is 28.4. The number of methoxy groups -OCH3 is 1. The SMILES string of the molecule is COC1=CCC(OCC(=O)Nc2ccc(OCCN3CCN(C(C)O)CC3)c(C3=C(Cl)CNN3C)c2)C=C1. The number of rotatable bonds is 11. The maximum Gasteiger partial charge on any atom is 0.250 e. The predicted molar refractivity (Wildman–Crippen MR) is 147 cm³/mol. The molecule has 1 aromatic rings. The standard InChI is InChI=1S/C27H38ClN5O5/c1-19(34)33-12-10-32(11-13-33)14-15-37-25-9-4-20(16-23(25)27-24(28)17-29-31(27)2)30-26(35)18-38-22-7-5-21(36-3)6-8-22/h4-7,9,16,19,22,29,34H,8,10-15,17-18H2,1-3H3,(H,30,35). The first-order valence-electron chi connectivity index (χ1n) is 13.0. The third kappa shape index (κ3) is 7.49. The van der Waals surface area contributed by atoms with Gasteiger partial charge in [-0.3, -0.25) is 14.6 Å². The van der Waals surface area contributed by atoms with Crippen molar-refractivity contribution in [2.24, 2.45) is 0 Å². The maximum atomic E-state index is 12.6. The van der Waals surface area contributed by atoms with Crippen molar-refractivity contribution in [2.45, 2.75) is 25.7 Å². The molecule has 11 heteroatoms. The van der Waals surface area contributed by atoms with Crippen LogP contribution in [-0.2, 0) is 14.3 Å². The van der Waals surface area contributed by atoms with Gasteiger partial charge in [0.2, 0.25) is 5.91 Å². The highest BCUT2D eigenvalue weighted by Crippen LogP contribution is 2.35. The summed E-state index contributed by atoms with van der Waals surface area (Å²) in [7, 11) is 3.52. The monoisotopic (exact) mass is 547 g/mol. The number of hydrazine groups is 1. The average molecular weight is 548 g/mol. The number of benzene rings is 1. The Morgan fingerprint density at radius 1 is 1.29 bits per heavy atom. The fraction of sp³-hybridized carbons (Fsp3) is 0.519. The Morgan fingerprint density at radius 3 is 2.71 bits per heavy atom. The lowest BCUT2D eigenvalue weighted by Gasteiger charge is -2.36. The summed E-state index contributed by atoms with van der Waals surface area (Å²) in [6.07, 6.45) is 5.75. The molecule has 1 aliphatic carbocycles.